The molecule has 0 bridgehead atoms. The quantitative estimate of drug-likeness (QED) is 0.479. The van der Waals surface area contributed by atoms with Crippen molar-refractivity contribution in [1.82, 2.24) is 0 Å². The molecule has 0 heterocycles. The highest BCUT2D eigenvalue weighted by Crippen LogP contribution is 2.27. The summed E-state index contributed by atoms with van der Waals surface area (Å²) in [4.78, 5) is 12.3. The molecule has 1 amide bonds. The van der Waals surface area contributed by atoms with Crippen LogP contribution in [0.1, 0.15) is 12.5 Å². The number of nitrogens with zero attached hydrogens (tertiary/aromatic N) is 1. The average molecular weight is 338 g/mol. The molecule has 0 aliphatic carbocycles. The fourth-order valence-corrected chi connectivity index (χ4v) is 2.09. The number of phenolic OH excluding ortho intramolecular Hbond substituents is 1. The molecule has 0 radical (unpaired) electrons. The smallest absolute Gasteiger partial charge is 0.266 e. The van der Waals surface area contributed by atoms with E-state index in [4.69, 9.17) is 9.47 Å². The van der Waals surface area contributed by atoms with E-state index in [0.717, 1.165) is 0 Å². The van der Waals surface area contributed by atoms with Gasteiger partial charge in [-0.25, -0.2) is 0 Å². The van der Waals surface area contributed by atoms with Crippen molar-refractivity contribution in [3.63, 3.8) is 0 Å². The number of nitriles is 1. The third-order valence-electron chi connectivity index (χ3n) is 3.31. The van der Waals surface area contributed by atoms with E-state index in [1.165, 1.54) is 18.2 Å². The Morgan fingerprint density at radius 3 is 2.60 bits per heavy atom. The molecule has 0 saturated heterocycles. The zero-order valence-electron chi connectivity index (χ0n) is 13.9. The van der Waals surface area contributed by atoms with Gasteiger partial charge in [0.15, 0.2) is 0 Å². The Hall–Kier alpha value is -3.46. The van der Waals surface area contributed by atoms with E-state index in [-0.39, 0.29) is 11.3 Å². The van der Waals surface area contributed by atoms with Gasteiger partial charge in [-0.1, -0.05) is 0 Å². The molecule has 0 spiro atoms. The average Bonchev–Trinajstić information content (AvgIpc) is 2.62. The monoisotopic (exact) mass is 338 g/mol. The molecule has 128 valence electrons. The summed E-state index contributed by atoms with van der Waals surface area (Å²) in [6.07, 6.45) is 1.46. The summed E-state index contributed by atoms with van der Waals surface area (Å²) in [6.45, 7) is 2.28. The summed E-state index contributed by atoms with van der Waals surface area (Å²) in [7, 11) is 1.55. The van der Waals surface area contributed by atoms with Crippen LogP contribution in [0.4, 0.5) is 5.69 Å². The van der Waals surface area contributed by atoms with E-state index >= 15 is 0 Å². The highest BCUT2D eigenvalue weighted by atomic mass is 16.5. The number of carbonyl (C=O) groups is 1. The van der Waals surface area contributed by atoms with E-state index in [2.05, 4.69) is 5.32 Å². The highest BCUT2D eigenvalue weighted by Gasteiger charge is 2.12. The summed E-state index contributed by atoms with van der Waals surface area (Å²) in [5.74, 6) is 0.680. The fraction of sp³-hybridized carbons (Fsp3) is 0.158. The molecule has 2 aromatic carbocycles. The molecule has 0 atom stereocenters. The van der Waals surface area contributed by atoms with E-state index in [1.807, 2.05) is 13.0 Å². The number of ether oxygens (including phenoxy) is 2. The predicted molar refractivity (Wildman–Crippen MR) is 94.5 cm³/mol. The Labute approximate surface area is 145 Å². The number of hydrogen-bond acceptors (Lipinski definition) is 5. The number of amides is 1. The lowest BCUT2D eigenvalue weighted by Crippen LogP contribution is -2.13. The van der Waals surface area contributed by atoms with Gasteiger partial charge < -0.3 is 19.9 Å². The van der Waals surface area contributed by atoms with E-state index in [0.29, 0.717) is 29.4 Å². The van der Waals surface area contributed by atoms with Gasteiger partial charge in [-0.2, -0.15) is 5.26 Å². The summed E-state index contributed by atoms with van der Waals surface area (Å²) in [5.41, 5.74) is 1.00. The second kappa shape index (κ2) is 8.41. The third-order valence-corrected chi connectivity index (χ3v) is 3.31. The zero-order chi connectivity index (χ0) is 18.2. The van der Waals surface area contributed by atoms with Crippen molar-refractivity contribution in [2.75, 3.05) is 19.0 Å². The number of aromatic hydroxyl groups is 1. The van der Waals surface area contributed by atoms with Crippen LogP contribution in [0, 0.1) is 11.3 Å². The van der Waals surface area contributed by atoms with Crippen LogP contribution in [0.3, 0.4) is 0 Å². The first-order valence-electron chi connectivity index (χ1n) is 7.60. The standard InChI is InChI=1S/C19H18N2O4/c1-3-25-18-11-17(24-2)9-4-13(18)10-14(12-20)19(23)21-15-5-7-16(22)8-6-15/h4-11,22H,3H2,1-2H3,(H,21,23)/b14-10+. The van der Waals surface area contributed by atoms with Gasteiger partial charge in [0.1, 0.15) is 28.9 Å². The Morgan fingerprint density at radius 1 is 1.28 bits per heavy atom. The minimum Gasteiger partial charge on any atom is -0.508 e. The summed E-state index contributed by atoms with van der Waals surface area (Å²) < 4.78 is 10.7. The first-order chi connectivity index (χ1) is 12.1. The largest absolute Gasteiger partial charge is 0.508 e. The summed E-state index contributed by atoms with van der Waals surface area (Å²) >= 11 is 0. The maximum Gasteiger partial charge on any atom is 0.266 e. The molecule has 0 saturated carbocycles. The van der Waals surface area contributed by atoms with Gasteiger partial charge in [-0.05, 0) is 49.4 Å². The molecular weight excluding hydrogens is 320 g/mol. The maximum absolute atomic E-state index is 12.3. The number of hydrogen-bond donors (Lipinski definition) is 2. The van der Waals surface area contributed by atoms with Crippen molar-refractivity contribution in [2.45, 2.75) is 6.92 Å². The van der Waals surface area contributed by atoms with Gasteiger partial charge in [0, 0.05) is 17.3 Å². The van der Waals surface area contributed by atoms with Crippen LogP contribution < -0.4 is 14.8 Å². The number of methoxy groups -OCH3 is 1. The van der Waals surface area contributed by atoms with Crippen LogP contribution in [-0.4, -0.2) is 24.7 Å². The van der Waals surface area contributed by atoms with Crippen molar-refractivity contribution >= 4 is 17.7 Å². The van der Waals surface area contributed by atoms with Crippen LogP contribution >= 0.6 is 0 Å². The van der Waals surface area contributed by atoms with Gasteiger partial charge >= 0.3 is 0 Å². The van der Waals surface area contributed by atoms with Gasteiger partial charge in [0.05, 0.1) is 13.7 Å². The minimum absolute atomic E-state index is 0.0702. The first kappa shape index (κ1) is 17.9. The molecule has 2 rings (SSSR count). The Morgan fingerprint density at radius 2 is 2.00 bits per heavy atom. The lowest BCUT2D eigenvalue weighted by Gasteiger charge is -2.10. The number of carbonyl (C=O) groups excluding carboxylic acids is 1. The number of rotatable bonds is 6. The van der Waals surface area contributed by atoms with Crippen molar-refractivity contribution in [2.24, 2.45) is 0 Å². The lowest BCUT2D eigenvalue weighted by molar-refractivity contribution is -0.112. The lowest BCUT2D eigenvalue weighted by atomic mass is 10.1. The fourth-order valence-electron chi connectivity index (χ4n) is 2.09. The highest BCUT2D eigenvalue weighted by molar-refractivity contribution is 6.09. The molecule has 6 nitrogen and oxygen atoms in total. The molecule has 0 aliphatic rings. The Kier molecular flexibility index (Phi) is 6.02. The van der Waals surface area contributed by atoms with E-state index < -0.39 is 5.91 Å². The van der Waals surface area contributed by atoms with E-state index in [1.54, 1.807) is 37.4 Å². The summed E-state index contributed by atoms with van der Waals surface area (Å²) in [5, 5.41) is 21.2. The normalized spacial score (nSPS) is 10.7. The molecule has 0 aromatic heterocycles. The van der Waals surface area contributed by atoms with Crippen molar-refractivity contribution in [3.8, 4) is 23.3 Å². The SMILES string of the molecule is CCOc1cc(OC)ccc1/C=C(\C#N)C(=O)Nc1ccc(O)cc1. The zero-order valence-corrected chi connectivity index (χ0v) is 13.9. The van der Waals surface area contributed by atoms with Gasteiger partial charge in [0.25, 0.3) is 5.91 Å². The number of anilines is 1. The van der Waals surface area contributed by atoms with Crippen molar-refractivity contribution in [3.05, 3.63) is 53.6 Å². The number of phenols is 1. The van der Waals surface area contributed by atoms with E-state index in [9.17, 15) is 15.2 Å². The molecule has 0 aliphatic heterocycles. The van der Waals surface area contributed by atoms with Gasteiger partial charge in [0.2, 0.25) is 0 Å². The van der Waals surface area contributed by atoms with Gasteiger partial charge in [-0.3, -0.25) is 4.79 Å². The van der Waals surface area contributed by atoms with Gasteiger partial charge in [-0.15, -0.1) is 0 Å². The topological polar surface area (TPSA) is 91.6 Å². The molecule has 0 unspecified atom stereocenters. The number of nitrogens with one attached hydrogen (secondary N) is 1. The molecular formula is C19H18N2O4. The minimum atomic E-state index is -0.550. The van der Waals surface area contributed by atoms with Crippen molar-refractivity contribution in [1.29, 1.82) is 5.26 Å². The molecule has 2 aromatic rings. The molecule has 25 heavy (non-hydrogen) atoms. The number of benzene rings is 2. The Balaban J connectivity index is 2.28. The molecule has 2 N–H and O–H groups in total. The second-order valence-corrected chi connectivity index (χ2v) is 5.01. The second-order valence-electron chi connectivity index (χ2n) is 5.01. The van der Waals surface area contributed by atoms with Crippen LogP contribution in [0.5, 0.6) is 17.2 Å². The first-order valence-corrected chi connectivity index (χ1v) is 7.60. The Bertz CT molecular complexity index is 820. The maximum atomic E-state index is 12.3. The predicted octanol–water partition coefficient (Wildman–Crippen LogP) is 3.35. The third kappa shape index (κ3) is 4.75. The molecule has 0 fully saturated rings. The van der Waals surface area contributed by atoms with Crippen LogP contribution in [0.15, 0.2) is 48.0 Å². The van der Waals surface area contributed by atoms with Crippen LogP contribution in [0.2, 0.25) is 0 Å². The van der Waals surface area contributed by atoms with Crippen molar-refractivity contribution < 1.29 is 19.4 Å². The van der Waals surface area contributed by atoms with Crippen LogP contribution in [-0.2, 0) is 4.79 Å². The van der Waals surface area contributed by atoms with Crippen LogP contribution in [0.25, 0.3) is 6.08 Å². The summed E-state index contributed by atoms with van der Waals surface area (Å²) in [6, 6.07) is 13.0. The molecule has 6 heteroatoms.